The van der Waals surface area contributed by atoms with Crippen molar-refractivity contribution in [2.45, 2.75) is 50.8 Å². The molecular weight excluding hydrogens is 468 g/mol. The van der Waals surface area contributed by atoms with Gasteiger partial charge >= 0.3 is 5.97 Å². The standard InChI is InChI=1S/C25H30N4O7/c30-20-8-7-19(21(31)26-20)29-23(33)17-6-5-16(13-18(17)24(29)34)27-9-11-28(12-10-27)22(32)14-1-3-15(4-2-14)25(35)36/h5-6,13-15,19,23,33H,1-4,7-12H2,(H,35,36)(H,26,30,31). The van der Waals surface area contributed by atoms with Gasteiger partial charge in [0.2, 0.25) is 17.7 Å². The Bertz CT molecular complexity index is 1110. The van der Waals surface area contributed by atoms with Gasteiger partial charge in [-0.25, -0.2) is 0 Å². The van der Waals surface area contributed by atoms with Crippen LogP contribution >= 0.6 is 0 Å². The van der Waals surface area contributed by atoms with Crippen molar-refractivity contribution in [2.24, 2.45) is 11.8 Å². The summed E-state index contributed by atoms with van der Waals surface area (Å²) in [4.78, 5) is 66.1. The molecule has 2 saturated heterocycles. The highest BCUT2D eigenvalue weighted by Gasteiger charge is 2.44. The van der Waals surface area contributed by atoms with Gasteiger partial charge in [-0.3, -0.25) is 34.2 Å². The number of aliphatic hydroxyl groups excluding tert-OH is 1. The second kappa shape index (κ2) is 9.53. The molecule has 3 fully saturated rings. The number of piperazine rings is 1. The van der Waals surface area contributed by atoms with Crippen molar-refractivity contribution in [3.05, 3.63) is 29.3 Å². The number of rotatable bonds is 4. The highest BCUT2D eigenvalue weighted by atomic mass is 16.4. The van der Waals surface area contributed by atoms with E-state index >= 15 is 0 Å². The summed E-state index contributed by atoms with van der Waals surface area (Å²) >= 11 is 0. The summed E-state index contributed by atoms with van der Waals surface area (Å²) in [6.45, 7) is 2.24. The molecule has 0 aromatic heterocycles. The van der Waals surface area contributed by atoms with E-state index in [0.29, 0.717) is 63.0 Å². The van der Waals surface area contributed by atoms with E-state index in [1.54, 1.807) is 12.1 Å². The quantitative estimate of drug-likeness (QED) is 0.508. The van der Waals surface area contributed by atoms with Crippen molar-refractivity contribution >= 4 is 35.3 Å². The van der Waals surface area contributed by atoms with Gasteiger partial charge in [0.05, 0.1) is 5.92 Å². The van der Waals surface area contributed by atoms with Crippen LogP contribution in [-0.2, 0) is 19.2 Å². The van der Waals surface area contributed by atoms with Crippen molar-refractivity contribution in [3.8, 4) is 0 Å². The molecule has 0 radical (unpaired) electrons. The molecule has 192 valence electrons. The third-order valence-electron chi connectivity index (χ3n) is 7.97. The number of aliphatic hydroxyl groups is 1. The van der Waals surface area contributed by atoms with E-state index in [4.69, 9.17) is 0 Å². The molecule has 36 heavy (non-hydrogen) atoms. The lowest BCUT2D eigenvalue weighted by Crippen LogP contribution is -2.53. The molecule has 3 N–H and O–H groups in total. The van der Waals surface area contributed by atoms with Crippen LogP contribution in [0.3, 0.4) is 0 Å². The number of carbonyl (C=O) groups excluding carboxylic acids is 4. The molecule has 5 rings (SSSR count). The van der Waals surface area contributed by atoms with E-state index in [-0.39, 0.29) is 36.5 Å². The Kier molecular flexibility index (Phi) is 6.42. The van der Waals surface area contributed by atoms with Gasteiger partial charge in [0, 0.05) is 55.3 Å². The lowest BCUT2D eigenvalue weighted by molar-refractivity contribution is -0.145. The average Bonchev–Trinajstić information content (AvgIpc) is 3.13. The van der Waals surface area contributed by atoms with Gasteiger partial charge in [0.1, 0.15) is 6.04 Å². The van der Waals surface area contributed by atoms with Crippen LogP contribution in [0.1, 0.15) is 60.7 Å². The van der Waals surface area contributed by atoms with Gasteiger partial charge in [-0.05, 0) is 44.2 Å². The van der Waals surface area contributed by atoms with E-state index in [1.807, 2.05) is 11.0 Å². The van der Waals surface area contributed by atoms with Gasteiger partial charge in [-0.15, -0.1) is 0 Å². The summed E-state index contributed by atoms with van der Waals surface area (Å²) in [6, 6.07) is 4.34. The summed E-state index contributed by atoms with van der Waals surface area (Å²) in [7, 11) is 0. The van der Waals surface area contributed by atoms with Crippen molar-refractivity contribution in [1.82, 2.24) is 15.1 Å². The number of nitrogens with zero attached hydrogens (tertiary/aromatic N) is 3. The van der Waals surface area contributed by atoms with E-state index in [1.165, 1.54) is 0 Å². The Hall–Kier alpha value is -3.47. The topological polar surface area (TPSA) is 148 Å². The summed E-state index contributed by atoms with van der Waals surface area (Å²) in [6.07, 6.45) is 1.31. The first kappa shape index (κ1) is 24.2. The van der Waals surface area contributed by atoms with Crippen LogP contribution in [0.15, 0.2) is 18.2 Å². The third kappa shape index (κ3) is 4.32. The van der Waals surface area contributed by atoms with Gasteiger partial charge in [-0.1, -0.05) is 6.07 Å². The Morgan fingerprint density at radius 1 is 0.917 bits per heavy atom. The minimum atomic E-state index is -1.25. The number of hydrogen-bond acceptors (Lipinski definition) is 7. The molecule has 0 spiro atoms. The third-order valence-corrected chi connectivity index (χ3v) is 7.97. The summed E-state index contributed by atoms with van der Waals surface area (Å²) in [5, 5.41) is 22.2. The molecule has 0 bridgehead atoms. The molecular formula is C25H30N4O7. The van der Waals surface area contributed by atoms with Crippen molar-refractivity contribution in [2.75, 3.05) is 31.1 Å². The van der Waals surface area contributed by atoms with Gasteiger partial charge < -0.3 is 20.0 Å². The minimum Gasteiger partial charge on any atom is -0.481 e. The van der Waals surface area contributed by atoms with Crippen LogP contribution in [0.5, 0.6) is 0 Å². The lowest BCUT2D eigenvalue weighted by atomic mass is 9.81. The minimum absolute atomic E-state index is 0.0885. The number of carbonyl (C=O) groups is 5. The highest BCUT2D eigenvalue weighted by Crippen LogP contribution is 2.37. The summed E-state index contributed by atoms with van der Waals surface area (Å²) in [5.41, 5.74) is 1.56. The number of fused-ring (bicyclic) bond motifs is 1. The van der Waals surface area contributed by atoms with Crippen LogP contribution in [0.4, 0.5) is 5.69 Å². The fourth-order valence-corrected chi connectivity index (χ4v) is 5.84. The van der Waals surface area contributed by atoms with Crippen molar-refractivity contribution in [1.29, 1.82) is 0 Å². The normalized spacial score (nSPS) is 28.7. The maximum absolute atomic E-state index is 13.1. The monoisotopic (exact) mass is 498 g/mol. The first-order valence-electron chi connectivity index (χ1n) is 12.5. The number of carboxylic acid groups (broad SMARTS) is 1. The predicted octanol–water partition coefficient (Wildman–Crippen LogP) is 0.478. The molecule has 3 aliphatic heterocycles. The predicted molar refractivity (Wildman–Crippen MR) is 126 cm³/mol. The second-order valence-electron chi connectivity index (χ2n) is 10.0. The molecule has 2 unspecified atom stereocenters. The first-order chi connectivity index (χ1) is 17.2. The van der Waals surface area contributed by atoms with Crippen LogP contribution in [-0.4, -0.2) is 81.8 Å². The number of amides is 4. The zero-order valence-electron chi connectivity index (χ0n) is 19.9. The molecule has 1 aliphatic carbocycles. The maximum Gasteiger partial charge on any atom is 0.306 e. The molecule has 11 heteroatoms. The molecule has 4 aliphatic rings. The Labute approximate surface area is 208 Å². The summed E-state index contributed by atoms with van der Waals surface area (Å²) < 4.78 is 0. The van der Waals surface area contributed by atoms with Crippen LogP contribution in [0.25, 0.3) is 0 Å². The largest absolute Gasteiger partial charge is 0.481 e. The summed E-state index contributed by atoms with van der Waals surface area (Å²) in [5.74, 6) is -2.57. The smallest absolute Gasteiger partial charge is 0.306 e. The Morgan fingerprint density at radius 3 is 2.22 bits per heavy atom. The van der Waals surface area contributed by atoms with Gasteiger partial charge in [0.25, 0.3) is 5.91 Å². The highest BCUT2D eigenvalue weighted by molar-refractivity contribution is 6.06. The maximum atomic E-state index is 13.1. The SMILES string of the molecule is O=C1CCC(N2C(=O)c3cc(N4CCN(C(=O)C5CCC(C(=O)O)CC5)CC4)ccc3C2O)C(=O)N1. The van der Waals surface area contributed by atoms with Gasteiger partial charge in [-0.2, -0.15) is 0 Å². The fourth-order valence-electron chi connectivity index (χ4n) is 5.84. The number of aliphatic carboxylic acids is 1. The molecule has 4 amide bonds. The number of carboxylic acids is 1. The number of imide groups is 1. The van der Waals surface area contributed by atoms with Crippen LogP contribution in [0, 0.1) is 11.8 Å². The molecule has 3 heterocycles. The van der Waals surface area contributed by atoms with Crippen molar-refractivity contribution < 1.29 is 34.2 Å². The van der Waals surface area contributed by atoms with Crippen LogP contribution in [0.2, 0.25) is 0 Å². The number of nitrogens with one attached hydrogen (secondary N) is 1. The zero-order chi connectivity index (χ0) is 25.6. The molecule has 11 nitrogen and oxygen atoms in total. The molecule has 2 atom stereocenters. The number of piperidine rings is 1. The van der Waals surface area contributed by atoms with E-state index in [9.17, 15) is 34.2 Å². The first-order valence-corrected chi connectivity index (χ1v) is 12.5. The Morgan fingerprint density at radius 2 is 1.58 bits per heavy atom. The number of hydrogen-bond donors (Lipinski definition) is 3. The lowest BCUT2D eigenvalue weighted by Gasteiger charge is -2.38. The van der Waals surface area contributed by atoms with E-state index in [0.717, 1.165) is 10.6 Å². The second-order valence-corrected chi connectivity index (χ2v) is 10.0. The Balaban J connectivity index is 1.21. The average molecular weight is 499 g/mol. The molecule has 1 aromatic carbocycles. The fraction of sp³-hybridized carbons (Fsp3) is 0.560. The molecule has 1 saturated carbocycles. The number of anilines is 1. The van der Waals surface area contributed by atoms with Crippen molar-refractivity contribution in [3.63, 3.8) is 0 Å². The van der Waals surface area contributed by atoms with Crippen LogP contribution < -0.4 is 10.2 Å². The zero-order valence-corrected chi connectivity index (χ0v) is 19.9. The van der Waals surface area contributed by atoms with E-state index in [2.05, 4.69) is 10.2 Å². The number of benzene rings is 1. The van der Waals surface area contributed by atoms with Gasteiger partial charge in [0.15, 0.2) is 6.23 Å². The van der Waals surface area contributed by atoms with E-state index < -0.39 is 30.1 Å². The molecule has 1 aromatic rings.